The molecule has 138 valence electrons. The largest absolute Gasteiger partial charge is 0.346 e. The number of aromatic nitrogens is 3. The van der Waals surface area contributed by atoms with E-state index in [1.165, 1.54) is 12.4 Å². The van der Waals surface area contributed by atoms with Gasteiger partial charge in [-0.05, 0) is 31.5 Å². The van der Waals surface area contributed by atoms with E-state index in [0.717, 1.165) is 0 Å². The second-order valence-electron chi connectivity index (χ2n) is 6.31. The van der Waals surface area contributed by atoms with Crippen LogP contribution in [0.2, 0.25) is 0 Å². The maximum absolute atomic E-state index is 12.5. The first-order valence-electron chi connectivity index (χ1n) is 8.50. The van der Waals surface area contributed by atoms with Crippen LogP contribution in [0.3, 0.4) is 0 Å². The highest BCUT2D eigenvalue weighted by Gasteiger charge is 2.17. The van der Waals surface area contributed by atoms with Crippen LogP contribution in [0.15, 0.2) is 35.4 Å². The fourth-order valence-electron chi connectivity index (χ4n) is 3.02. The van der Waals surface area contributed by atoms with Gasteiger partial charge in [0.15, 0.2) is 0 Å². The number of hydrogen-bond donors (Lipinski definition) is 2. The summed E-state index contributed by atoms with van der Waals surface area (Å²) in [5.74, 6) is -0.00823. The molecule has 1 atom stereocenters. The molecule has 1 amide bonds. The number of carbonyl (C=O) groups excluding carboxylic acids is 1. The molecule has 1 aromatic carbocycles. The second-order valence-corrected chi connectivity index (χ2v) is 6.31. The number of hydrogen-bond acceptors (Lipinski definition) is 6. The maximum atomic E-state index is 12.5. The number of nitriles is 2. The highest BCUT2D eigenvalue weighted by atomic mass is 16.2. The summed E-state index contributed by atoms with van der Waals surface area (Å²) < 4.78 is 0. The van der Waals surface area contributed by atoms with Crippen molar-refractivity contribution in [2.75, 3.05) is 0 Å². The van der Waals surface area contributed by atoms with Crippen LogP contribution >= 0.6 is 0 Å². The van der Waals surface area contributed by atoms with Gasteiger partial charge < -0.3 is 10.3 Å². The summed E-state index contributed by atoms with van der Waals surface area (Å²) in [4.78, 5) is 35.8. The van der Waals surface area contributed by atoms with Crippen LogP contribution in [-0.2, 0) is 11.2 Å². The molecule has 0 saturated carbocycles. The first-order chi connectivity index (χ1) is 13.4. The minimum atomic E-state index is -0.491. The summed E-state index contributed by atoms with van der Waals surface area (Å²) in [7, 11) is 0. The molecule has 0 radical (unpaired) electrons. The van der Waals surface area contributed by atoms with E-state index >= 15 is 0 Å². The Kier molecular flexibility index (Phi) is 5.14. The van der Waals surface area contributed by atoms with E-state index in [-0.39, 0.29) is 17.9 Å². The molecule has 2 aromatic heterocycles. The number of benzene rings is 1. The molecular formula is C20H16N6O2. The first-order valence-corrected chi connectivity index (χ1v) is 8.50. The summed E-state index contributed by atoms with van der Waals surface area (Å²) in [6, 6.07) is 8.64. The van der Waals surface area contributed by atoms with Gasteiger partial charge in [0.05, 0.1) is 29.7 Å². The standard InChI is InChI=1S/C20H16N6O2/c1-11-15(20(28)26-16-5-3-4-14(8-22)18(11)16)6-17(27)25-12(2)19-23-9-13(7-21)10-24-19/h3-5,9-10,12H,6H2,1-2H3,(H,25,27)(H,26,28)/t12-/m1/s1. The Bertz CT molecular complexity index is 1200. The van der Waals surface area contributed by atoms with Crippen LogP contribution < -0.4 is 10.9 Å². The van der Waals surface area contributed by atoms with Crippen molar-refractivity contribution in [3.05, 3.63) is 69.0 Å². The number of fused-ring (bicyclic) bond motifs is 1. The molecule has 8 nitrogen and oxygen atoms in total. The summed E-state index contributed by atoms with van der Waals surface area (Å²) in [5.41, 5.74) is 1.87. The number of aryl methyl sites for hydroxylation is 1. The molecule has 0 unspecified atom stereocenters. The van der Waals surface area contributed by atoms with Crippen LogP contribution in [-0.4, -0.2) is 20.9 Å². The normalized spacial score (nSPS) is 11.4. The van der Waals surface area contributed by atoms with Crippen molar-refractivity contribution in [1.29, 1.82) is 10.5 Å². The van der Waals surface area contributed by atoms with Gasteiger partial charge in [0.2, 0.25) is 5.91 Å². The number of aromatic amines is 1. The lowest BCUT2D eigenvalue weighted by Gasteiger charge is -2.14. The molecule has 0 aliphatic heterocycles. The Morgan fingerprint density at radius 3 is 2.61 bits per heavy atom. The molecule has 8 heteroatoms. The van der Waals surface area contributed by atoms with Gasteiger partial charge in [-0.25, -0.2) is 9.97 Å². The molecule has 0 aliphatic rings. The van der Waals surface area contributed by atoms with Crippen molar-refractivity contribution in [1.82, 2.24) is 20.3 Å². The van der Waals surface area contributed by atoms with Crippen LogP contribution in [0.4, 0.5) is 0 Å². The fourth-order valence-corrected chi connectivity index (χ4v) is 3.02. The Balaban J connectivity index is 1.86. The molecule has 28 heavy (non-hydrogen) atoms. The first kappa shape index (κ1) is 18.7. The predicted octanol–water partition coefficient (Wildman–Crippen LogP) is 1.79. The molecule has 2 heterocycles. The number of H-pyrrole nitrogens is 1. The minimum absolute atomic E-state index is 0.141. The van der Waals surface area contributed by atoms with Crippen molar-refractivity contribution in [2.24, 2.45) is 0 Å². The average molecular weight is 372 g/mol. The molecule has 0 spiro atoms. The monoisotopic (exact) mass is 372 g/mol. The van der Waals surface area contributed by atoms with Crippen LogP contribution in [0.25, 0.3) is 10.9 Å². The SMILES string of the molecule is Cc1c(CC(=O)N[C@H](C)c2ncc(C#N)cn2)c(=O)[nH]c2cccc(C#N)c12. The summed E-state index contributed by atoms with van der Waals surface area (Å²) in [5, 5.41) is 21.5. The molecule has 0 bridgehead atoms. The van der Waals surface area contributed by atoms with E-state index in [4.69, 9.17) is 5.26 Å². The Morgan fingerprint density at radius 1 is 1.25 bits per heavy atom. The van der Waals surface area contributed by atoms with Crippen LogP contribution in [0.1, 0.15) is 41.0 Å². The second kappa shape index (κ2) is 7.68. The van der Waals surface area contributed by atoms with Crippen LogP contribution in [0.5, 0.6) is 0 Å². The van der Waals surface area contributed by atoms with E-state index < -0.39 is 6.04 Å². The van der Waals surface area contributed by atoms with E-state index in [1.54, 1.807) is 32.0 Å². The number of rotatable bonds is 4. The third kappa shape index (κ3) is 3.57. The van der Waals surface area contributed by atoms with Gasteiger partial charge >= 0.3 is 0 Å². The van der Waals surface area contributed by atoms with E-state index in [1.807, 2.05) is 6.07 Å². The van der Waals surface area contributed by atoms with E-state index in [9.17, 15) is 14.9 Å². The van der Waals surface area contributed by atoms with Crippen molar-refractivity contribution >= 4 is 16.8 Å². The van der Waals surface area contributed by atoms with Crippen molar-refractivity contribution in [3.8, 4) is 12.1 Å². The summed E-state index contributed by atoms with van der Waals surface area (Å²) >= 11 is 0. The summed E-state index contributed by atoms with van der Waals surface area (Å²) in [6.07, 6.45) is 2.62. The quantitative estimate of drug-likeness (QED) is 0.717. The van der Waals surface area contributed by atoms with Gasteiger partial charge in [-0.15, -0.1) is 0 Å². The van der Waals surface area contributed by atoms with Crippen molar-refractivity contribution in [2.45, 2.75) is 26.3 Å². The molecule has 0 fully saturated rings. The zero-order valence-corrected chi connectivity index (χ0v) is 15.3. The Labute approximate surface area is 160 Å². The maximum Gasteiger partial charge on any atom is 0.252 e. The number of amides is 1. The molecular weight excluding hydrogens is 356 g/mol. The smallest absolute Gasteiger partial charge is 0.252 e. The highest BCUT2D eigenvalue weighted by Crippen LogP contribution is 2.21. The van der Waals surface area contributed by atoms with Gasteiger partial charge in [-0.1, -0.05) is 6.07 Å². The molecule has 3 aromatic rings. The third-order valence-electron chi connectivity index (χ3n) is 4.44. The van der Waals surface area contributed by atoms with Gasteiger partial charge in [-0.3, -0.25) is 9.59 Å². The van der Waals surface area contributed by atoms with Gasteiger partial charge in [0, 0.05) is 28.9 Å². The minimum Gasteiger partial charge on any atom is -0.346 e. The van der Waals surface area contributed by atoms with Gasteiger partial charge in [0.1, 0.15) is 11.9 Å². The number of pyridine rings is 1. The van der Waals surface area contributed by atoms with Gasteiger partial charge in [0.25, 0.3) is 5.56 Å². The Hall–Kier alpha value is -4.04. The third-order valence-corrected chi connectivity index (χ3v) is 4.44. The zero-order valence-electron chi connectivity index (χ0n) is 15.3. The summed E-state index contributed by atoms with van der Waals surface area (Å²) in [6.45, 7) is 3.44. The van der Waals surface area contributed by atoms with E-state index in [0.29, 0.717) is 39.0 Å². The van der Waals surface area contributed by atoms with E-state index in [2.05, 4.69) is 26.3 Å². The lowest BCUT2D eigenvalue weighted by Crippen LogP contribution is -2.31. The molecule has 2 N–H and O–H groups in total. The number of nitrogens with one attached hydrogen (secondary N) is 2. The molecule has 3 rings (SSSR count). The molecule has 0 aliphatic carbocycles. The lowest BCUT2D eigenvalue weighted by atomic mass is 9.98. The topological polar surface area (TPSA) is 135 Å². The zero-order chi connectivity index (χ0) is 20.3. The van der Waals surface area contributed by atoms with Crippen molar-refractivity contribution in [3.63, 3.8) is 0 Å². The predicted molar refractivity (Wildman–Crippen MR) is 101 cm³/mol. The average Bonchev–Trinajstić information content (AvgIpc) is 2.70. The Morgan fingerprint density at radius 2 is 1.96 bits per heavy atom. The molecule has 0 saturated heterocycles. The number of nitrogens with zero attached hydrogens (tertiary/aromatic N) is 4. The van der Waals surface area contributed by atoms with Gasteiger partial charge in [-0.2, -0.15) is 10.5 Å². The van der Waals surface area contributed by atoms with Crippen LogP contribution in [0, 0.1) is 29.6 Å². The highest BCUT2D eigenvalue weighted by molar-refractivity contribution is 5.90. The number of carbonyl (C=O) groups is 1. The lowest BCUT2D eigenvalue weighted by molar-refractivity contribution is -0.121. The fraction of sp³-hybridized carbons (Fsp3) is 0.200. The van der Waals surface area contributed by atoms with Crippen molar-refractivity contribution < 1.29 is 4.79 Å².